The van der Waals surface area contributed by atoms with Crippen LogP contribution in [-0.2, 0) is 6.54 Å². The standard InChI is InChI=1S/C13H18BrNS/c14-12-8-10(9-15)6-7-13(12)16-11-4-2-1-3-5-11/h6-8,11H,1-5,9,15H2. The van der Waals surface area contributed by atoms with Crippen LogP contribution < -0.4 is 5.73 Å². The maximum atomic E-state index is 5.63. The minimum atomic E-state index is 0.618. The van der Waals surface area contributed by atoms with Gasteiger partial charge in [-0.1, -0.05) is 25.3 Å². The Morgan fingerprint density at radius 2 is 2.00 bits per heavy atom. The number of halogens is 1. The highest BCUT2D eigenvalue weighted by atomic mass is 79.9. The Kier molecular flexibility index (Phi) is 4.74. The Hall–Kier alpha value is 0.01000. The lowest BCUT2D eigenvalue weighted by Crippen LogP contribution is -2.07. The number of nitrogens with two attached hydrogens (primary N) is 1. The lowest BCUT2D eigenvalue weighted by molar-refractivity contribution is 0.516. The van der Waals surface area contributed by atoms with E-state index in [2.05, 4.69) is 34.1 Å². The van der Waals surface area contributed by atoms with Crippen LogP contribution in [0.1, 0.15) is 37.7 Å². The molecule has 16 heavy (non-hydrogen) atoms. The van der Waals surface area contributed by atoms with Crippen LogP contribution in [0.5, 0.6) is 0 Å². The molecule has 1 nitrogen and oxygen atoms in total. The lowest BCUT2D eigenvalue weighted by Gasteiger charge is -2.21. The van der Waals surface area contributed by atoms with Gasteiger partial charge in [-0.25, -0.2) is 0 Å². The van der Waals surface area contributed by atoms with Crippen molar-refractivity contribution in [2.75, 3.05) is 0 Å². The van der Waals surface area contributed by atoms with Gasteiger partial charge in [-0.2, -0.15) is 0 Å². The topological polar surface area (TPSA) is 26.0 Å². The summed E-state index contributed by atoms with van der Waals surface area (Å²) in [6, 6.07) is 6.48. The first-order chi connectivity index (χ1) is 7.79. The molecule has 2 N–H and O–H groups in total. The zero-order valence-electron chi connectivity index (χ0n) is 9.42. The van der Waals surface area contributed by atoms with E-state index in [4.69, 9.17) is 5.73 Å². The van der Waals surface area contributed by atoms with Crippen LogP contribution in [0.4, 0.5) is 0 Å². The third-order valence-corrected chi connectivity index (χ3v) is 5.41. The highest BCUT2D eigenvalue weighted by Crippen LogP contribution is 2.37. The normalized spacial score (nSPS) is 17.6. The second-order valence-corrected chi connectivity index (χ2v) is 6.54. The van der Waals surface area contributed by atoms with Gasteiger partial charge in [-0.15, -0.1) is 11.8 Å². The molecule has 1 aliphatic carbocycles. The maximum absolute atomic E-state index is 5.63. The minimum absolute atomic E-state index is 0.618. The van der Waals surface area contributed by atoms with Crippen molar-refractivity contribution in [1.82, 2.24) is 0 Å². The highest BCUT2D eigenvalue weighted by molar-refractivity contribution is 9.10. The number of thioether (sulfide) groups is 1. The van der Waals surface area contributed by atoms with Crippen molar-refractivity contribution < 1.29 is 0 Å². The summed E-state index contributed by atoms with van der Waals surface area (Å²) >= 11 is 5.66. The van der Waals surface area contributed by atoms with E-state index in [1.165, 1.54) is 47.0 Å². The first-order valence-electron chi connectivity index (χ1n) is 5.95. The van der Waals surface area contributed by atoms with E-state index >= 15 is 0 Å². The first-order valence-corrected chi connectivity index (χ1v) is 7.62. The molecule has 2 rings (SSSR count). The Balaban J connectivity index is 2.03. The summed E-state index contributed by atoms with van der Waals surface area (Å²) in [5.74, 6) is 0. The Labute approximate surface area is 110 Å². The second-order valence-electron chi connectivity index (χ2n) is 4.35. The molecular formula is C13H18BrNS. The van der Waals surface area contributed by atoms with E-state index in [1.807, 2.05) is 11.8 Å². The maximum Gasteiger partial charge on any atom is 0.0314 e. The zero-order chi connectivity index (χ0) is 11.4. The molecule has 0 amide bonds. The summed E-state index contributed by atoms with van der Waals surface area (Å²) in [6.07, 6.45) is 6.96. The van der Waals surface area contributed by atoms with Gasteiger partial charge in [0.1, 0.15) is 0 Å². The van der Waals surface area contributed by atoms with Crippen LogP contribution in [0.25, 0.3) is 0 Å². The molecule has 0 heterocycles. The lowest BCUT2D eigenvalue weighted by atomic mass is 10.0. The zero-order valence-corrected chi connectivity index (χ0v) is 11.8. The van der Waals surface area contributed by atoms with Gasteiger partial charge in [0.05, 0.1) is 0 Å². The van der Waals surface area contributed by atoms with Crippen LogP contribution in [0, 0.1) is 0 Å². The molecule has 0 saturated heterocycles. The Morgan fingerprint density at radius 1 is 1.25 bits per heavy atom. The molecule has 88 valence electrons. The summed E-state index contributed by atoms with van der Waals surface area (Å²) in [7, 11) is 0. The molecule has 1 saturated carbocycles. The van der Waals surface area contributed by atoms with Gasteiger partial charge in [0, 0.05) is 21.2 Å². The van der Waals surface area contributed by atoms with Crippen LogP contribution in [0.2, 0.25) is 0 Å². The number of hydrogen-bond acceptors (Lipinski definition) is 2. The molecule has 1 aromatic carbocycles. The summed E-state index contributed by atoms with van der Waals surface area (Å²) in [5, 5.41) is 0.814. The van der Waals surface area contributed by atoms with E-state index in [0.717, 1.165) is 5.25 Å². The van der Waals surface area contributed by atoms with Crippen LogP contribution in [-0.4, -0.2) is 5.25 Å². The smallest absolute Gasteiger partial charge is 0.0314 e. The van der Waals surface area contributed by atoms with Crippen LogP contribution in [0.3, 0.4) is 0 Å². The predicted molar refractivity (Wildman–Crippen MR) is 74.8 cm³/mol. The van der Waals surface area contributed by atoms with E-state index in [0.29, 0.717) is 6.54 Å². The van der Waals surface area contributed by atoms with Crippen LogP contribution >= 0.6 is 27.7 Å². The van der Waals surface area contributed by atoms with Crippen molar-refractivity contribution in [3.05, 3.63) is 28.2 Å². The van der Waals surface area contributed by atoms with E-state index in [9.17, 15) is 0 Å². The van der Waals surface area contributed by atoms with Crippen molar-refractivity contribution in [2.24, 2.45) is 5.73 Å². The molecule has 0 aliphatic heterocycles. The number of benzene rings is 1. The van der Waals surface area contributed by atoms with E-state index < -0.39 is 0 Å². The number of rotatable bonds is 3. The molecular weight excluding hydrogens is 282 g/mol. The quantitative estimate of drug-likeness (QED) is 0.899. The molecule has 3 heteroatoms. The Bertz CT molecular complexity index is 348. The molecule has 0 unspecified atom stereocenters. The third-order valence-electron chi connectivity index (χ3n) is 3.08. The minimum Gasteiger partial charge on any atom is -0.326 e. The molecule has 0 radical (unpaired) electrons. The summed E-state index contributed by atoms with van der Waals surface area (Å²) in [6.45, 7) is 0.618. The molecule has 0 bridgehead atoms. The first kappa shape index (κ1) is 12.5. The fourth-order valence-electron chi connectivity index (χ4n) is 2.13. The largest absolute Gasteiger partial charge is 0.326 e. The van der Waals surface area contributed by atoms with Crippen molar-refractivity contribution in [3.8, 4) is 0 Å². The number of hydrogen-bond donors (Lipinski definition) is 1. The van der Waals surface area contributed by atoms with Gasteiger partial charge in [-0.3, -0.25) is 0 Å². The summed E-state index contributed by atoms with van der Waals surface area (Å²) < 4.78 is 1.20. The molecule has 1 aliphatic rings. The second kappa shape index (κ2) is 6.08. The highest BCUT2D eigenvalue weighted by Gasteiger charge is 2.15. The van der Waals surface area contributed by atoms with E-state index in [1.54, 1.807) is 0 Å². The monoisotopic (exact) mass is 299 g/mol. The van der Waals surface area contributed by atoms with E-state index in [-0.39, 0.29) is 0 Å². The SMILES string of the molecule is NCc1ccc(SC2CCCCC2)c(Br)c1. The average molecular weight is 300 g/mol. The van der Waals surface area contributed by atoms with Gasteiger partial charge in [-0.05, 0) is 46.5 Å². The molecule has 0 atom stereocenters. The van der Waals surface area contributed by atoms with Gasteiger partial charge < -0.3 is 5.73 Å². The fourth-order valence-corrected chi connectivity index (χ4v) is 4.08. The third kappa shape index (κ3) is 3.25. The van der Waals surface area contributed by atoms with Crippen molar-refractivity contribution in [1.29, 1.82) is 0 Å². The average Bonchev–Trinajstić information content (AvgIpc) is 2.33. The molecule has 1 aromatic rings. The molecule has 1 fully saturated rings. The Morgan fingerprint density at radius 3 is 2.62 bits per heavy atom. The van der Waals surface area contributed by atoms with Crippen molar-refractivity contribution in [2.45, 2.75) is 48.8 Å². The fraction of sp³-hybridized carbons (Fsp3) is 0.538. The molecule has 0 aromatic heterocycles. The van der Waals surface area contributed by atoms with Crippen molar-refractivity contribution >= 4 is 27.7 Å². The van der Waals surface area contributed by atoms with Crippen molar-refractivity contribution in [3.63, 3.8) is 0 Å². The van der Waals surface area contributed by atoms with Crippen LogP contribution in [0.15, 0.2) is 27.6 Å². The van der Waals surface area contributed by atoms with Gasteiger partial charge in [0.2, 0.25) is 0 Å². The summed E-state index contributed by atoms with van der Waals surface area (Å²) in [5.41, 5.74) is 6.82. The predicted octanol–water partition coefficient (Wildman–Crippen LogP) is 4.33. The summed E-state index contributed by atoms with van der Waals surface area (Å²) in [4.78, 5) is 1.36. The molecule has 0 spiro atoms. The van der Waals surface area contributed by atoms with Gasteiger partial charge >= 0.3 is 0 Å². The van der Waals surface area contributed by atoms with Gasteiger partial charge in [0.15, 0.2) is 0 Å². The van der Waals surface area contributed by atoms with Gasteiger partial charge in [0.25, 0.3) is 0 Å².